The molecule has 0 bridgehead atoms. The minimum absolute atomic E-state index is 0.274. The van der Waals surface area contributed by atoms with E-state index in [4.69, 9.17) is 9.47 Å². The Labute approximate surface area is 172 Å². The van der Waals surface area contributed by atoms with Gasteiger partial charge in [-0.15, -0.1) is 0 Å². The van der Waals surface area contributed by atoms with Crippen LogP contribution in [-0.4, -0.2) is 33.5 Å². The fourth-order valence-electron chi connectivity index (χ4n) is 3.11. The summed E-state index contributed by atoms with van der Waals surface area (Å²) < 4.78 is 38.7. The molecule has 0 aliphatic heterocycles. The van der Waals surface area contributed by atoms with E-state index in [9.17, 15) is 8.42 Å². The van der Waals surface area contributed by atoms with Gasteiger partial charge in [0, 0.05) is 13.1 Å². The smallest absolute Gasteiger partial charge is 0.243 e. The maximum absolute atomic E-state index is 13.3. The van der Waals surface area contributed by atoms with Crippen LogP contribution in [0.4, 0.5) is 0 Å². The Morgan fingerprint density at radius 3 is 2.10 bits per heavy atom. The van der Waals surface area contributed by atoms with Crippen LogP contribution in [0.2, 0.25) is 0 Å². The van der Waals surface area contributed by atoms with Gasteiger partial charge in [-0.1, -0.05) is 48.5 Å². The average Bonchev–Trinajstić information content (AvgIpc) is 2.77. The highest BCUT2D eigenvalue weighted by atomic mass is 32.2. The van der Waals surface area contributed by atoms with E-state index in [1.54, 1.807) is 38.5 Å². The molecule has 29 heavy (non-hydrogen) atoms. The Balaban J connectivity index is 1.88. The molecule has 6 heteroatoms. The predicted molar refractivity (Wildman–Crippen MR) is 114 cm³/mol. The number of hydrogen-bond donors (Lipinski definition) is 0. The third-order valence-electron chi connectivity index (χ3n) is 4.72. The zero-order valence-corrected chi connectivity index (χ0v) is 17.4. The number of ether oxygens (including phenoxy) is 2. The van der Waals surface area contributed by atoms with Crippen LogP contribution in [-0.2, 0) is 23.0 Å². The highest BCUT2D eigenvalue weighted by Gasteiger charge is 2.24. The van der Waals surface area contributed by atoms with E-state index in [-0.39, 0.29) is 11.4 Å². The fourth-order valence-corrected chi connectivity index (χ4v) is 4.56. The maximum Gasteiger partial charge on any atom is 0.243 e. The summed E-state index contributed by atoms with van der Waals surface area (Å²) in [6, 6.07) is 23.6. The zero-order valence-electron chi connectivity index (χ0n) is 16.6. The molecule has 0 N–H and O–H groups in total. The maximum atomic E-state index is 13.3. The Hall–Kier alpha value is -2.83. The minimum atomic E-state index is -3.64. The molecule has 0 radical (unpaired) electrons. The van der Waals surface area contributed by atoms with Crippen molar-refractivity contribution in [3.63, 3.8) is 0 Å². The van der Waals surface area contributed by atoms with Gasteiger partial charge in [-0.3, -0.25) is 0 Å². The summed E-state index contributed by atoms with van der Waals surface area (Å²) >= 11 is 0. The van der Waals surface area contributed by atoms with Crippen molar-refractivity contribution in [2.75, 3.05) is 20.8 Å². The molecule has 0 saturated carbocycles. The van der Waals surface area contributed by atoms with Crippen LogP contribution in [0.25, 0.3) is 0 Å². The van der Waals surface area contributed by atoms with Crippen LogP contribution in [0.3, 0.4) is 0 Å². The third kappa shape index (κ3) is 5.16. The van der Waals surface area contributed by atoms with Gasteiger partial charge in [-0.2, -0.15) is 4.31 Å². The molecule has 0 amide bonds. The van der Waals surface area contributed by atoms with Crippen LogP contribution in [0, 0.1) is 0 Å². The second-order valence-corrected chi connectivity index (χ2v) is 8.50. The van der Waals surface area contributed by atoms with Crippen molar-refractivity contribution < 1.29 is 17.9 Å². The van der Waals surface area contributed by atoms with Crippen molar-refractivity contribution in [1.29, 1.82) is 0 Å². The predicted octanol–water partition coefficient (Wildman–Crippen LogP) is 4.14. The molecule has 0 heterocycles. The number of nitrogens with zero attached hydrogens (tertiary/aromatic N) is 1. The Kier molecular flexibility index (Phi) is 6.90. The van der Waals surface area contributed by atoms with Crippen LogP contribution in [0.5, 0.6) is 11.5 Å². The lowest BCUT2D eigenvalue weighted by atomic mass is 10.1. The quantitative estimate of drug-likeness (QED) is 0.531. The van der Waals surface area contributed by atoms with Gasteiger partial charge < -0.3 is 9.47 Å². The van der Waals surface area contributed by atoms with Gasteiger partial charge in [0.05, 0.1) is 19.1 Å². The largest absolute Gasteiger partial charge is 0.497 e. The summed E-state index contributed by atoms with van der Waals surface area (Å²) in [4.78, 5) is 0.286. The minimum Gasteiger partial charge on any atom is -0.497 e. The highest BCUT2D eigenvalue weighted by molar-refractivity contribution is 7.89. The fraction of sp³-hybridized carbons (Fsp3) is 0.217. The lowest BCUT2D eigenvalue weighted by Gasteiger charge is -2.23. The van der Waals surface area contributed by atoms with Gasteiger partial charge in [0.15, 0.2) is 0 Å². The molecule has 0 aliphatic carbocycles. The van der Waals surface area contributed by atoms with Gasteiger partial charge in [0.2, 0.25) is 10.0 Å². The molecule has 0 fully saturated rings. The van der Waals surface area contributed by atoms with E-state index in [0.717, 1.165) is 22.6 Å². The van der Waals surface area contributed by atoms with Crippen molar-refractivity contribution in [2.24, 2.45) is 0 Å². The molecule has 0 aliphatic rings. The van der Waals surface area contributed by atoms with Crippen LogP contribution in [0.15, 0.2) is 83.8 Å². The molecule has 3 aromatic rings. The van der Waals surface area contributed by atoms with Gasteiger partial charge in [0.25, 0.3) is 0 Å². The van der Waals surface area contributed by atoms with Crippen LogP contribution in [0.1, 0.15) is 11.1 Å². The van der Waals surface area contributed by atoms with Gasteiger partial charge in [0.1, 0.15) is 11.5 Å². The molecule has 152 valence electrons. The van der Waals surface area contributed by atoms with Gasteiger partial charge in [-0.05, 0) is 47.9 Å². The Morgan fingerprint density at radius 2 is 1.45 bits per heavy atom. The molecule has 0 spiro atoms. The molecular formula is C23H25NO4S. The molecule has 0 saturated heterocycles. The van der Waals surface area contributed by atoms with Crippen molar-refractivity contribution in [3.8, 4) is 11.5 Å². The second-order valence-electron chi connectivity index (χ2n) is 6.56. The highest BCUT2D eigenvalue weighted by Crippen LogP contribution is 2.23. The van der Waals surface area contributed by atoms with Gasteiger partial charge in [-0.25, -0.2) is 8.42 Å². The monoisotopic (exact) mass is 411 g/mol. The number of benzene rings is 3. The summed E-state index contributed by atoms with van der Waals surface area (Å²) in [5.74, 6) is 1.49. The summed E-state index contributed by atoms with van der Waals surface area (Å²) in [6.07, 6.45) is 0.548. The average molecular weight is 412 g/mol. The van der Waals surface area contributed by atoms with Gasteiger partial charge >= 0.3 is 0 Å². The molecule has 0 aromatic heterocycles. The Bertz CT molecular complexity index is 1020. The molecule has 3 aromatic carbocycles. The number of methoxy groups -OCH3 is 2. The Morgan fingerprint density at radius 1 is 0.793 bits per heavy atom. The van der Waals surface area contributed by atoms with Crippen LogP contribution >= 0.6 is 0 Å². The first-order valence-corrected chi connectivity index (χ1v) is 10.8. The van der Waals surface area contributed by atoms with E-state index in [1.165, 1.54) is 4.31 Å². The molecular weight excluding hydrogens is 386 g/mol. The standard InChI is InChI=1S/C23H25NO4S/c1-27-21-14-12-19(13-15-21)18-24(29(25,26)22-9-4-3-5-10-22)17-16-20-8-6-7-11-23(20)28-2/h3-15H,16-18H2,1-2H3. The topological polar surface area (TPSA) is 55.8 Å². The van der Waals surface area contributed by atoms with E-state index in [2.05, 4.69) is 0 Å². The third-order valence-corrected chi connectivity index (χ3v) is 6.58. The summed E-state index contributed by atoms with van der Waals surface area (Å²) in [6.45, 7) is 0.611. The zero-order chi connectivity index (χ0) is 20.7. The summed E-state index contributed by atoms with van der Waals surface area (Å²) in [5, 5.41) is 0. The lowest BCUT2D eigenvalue weighted by molar-refractivity contribution is 0.392. The van der Waals surface area contributed by atoms with Crippen molar-refractivity contribution in [3.05, 3.63) is 90.0 Å². The first-order valence-electron chi connectivity index (χ1n) is 9.34. The first kappa shape index (κ1) is 20.9. The van der Waals surface area contributed by atoms with Crippen molar-refractivity contribution in [2.45, 2.75) is 17.9 Å². The SMILES string of the molecule is COc1ccc(CN(CCc2ccccc2OC)S(=O)(=O)c2ccccc2)cc1. The van der Waals surface area contributed by atoms with E-state index in [0.29, 0.717) is 13.0 Å². The van der Waals surface area contributed by atoms with Crippen LogP contribution < -0.4 is 9.47 Å². The summed E-state index contributed by atoms with van der Waals surface area (Å²) in [7, 11) is -0.418. The first-order chi connectivity index (χ1) is 14.0. The van der Waals surface area contributed by atoms with E-state index >= 15 is 0 Å². The number of rotatable bonds is 9. The number of para-hydroxylation sites is 1. The van der Waals surface area contributed by atoms with E-state index < -0.39 is 10.0 Å². The molecule has 5 nitrogen and oxygen atoms in total. The normalized spacial score (nSPS) is 11.4. The lowest BCUT2D eigenvalue weighted by Crippen LogP contribution is -2.32. The van der Waals surface area contributed by atoms with E-state index in [1.807, 2.05) is 54.6 Å². The number of sulfonamides is 1. The number of hydrogen-bond acceptors (Lipinski definition) is 4. The molecule has 0 atom stereocenters. The molecule has 0 unspecified atom stereocenters. The van der Waals surface area contributed by atoms with Crippen molar-refractivity contribution >= 4 is 10.0 Å². The molecule has 3 rings (SSSR count). The second kappa shape index (κ2) is 9.58. The summed E-state index contributed by atoms with van der Waals surface area (Å²) in [5.41, 5.74) is 1.86. The van der Waals surface area contributed by atoms with Crippen molar-refractivity contribution in [1.82, 2.24) is 4.31 Å².